The fraction of sp³-hybridized carbons (Fsp3) is 0.250. The van der Waals surface area contributed by atoms with Crippen molar-refractivity contribution in [2.45, 2.75) is 20.5 Å². The van der Waals surface area contributed by atoms with Crippen LogP contribution in [0.3, 0.4) is 0 Å². The molecule has 8 nitrogen and oxygen atoms in total. The highest BCUT2D eigenvalue weighted by atomic mass is 32.2. The normalized spacial score (nSPS) is 17.0. The maximum atomic E-state index is 13.4. The zero-order valence-corrected chi connectivity index (χ0v) is 26.2. The third-order valence-corrected chi connectivity index (χ3v) is 8.66. The van der Waals surface area contributed by atoms with Gasteiger partial charge in [0.15, 0.2) is 16.7 Å². The Balaban J connectivity index is 1.21. The van der Waals surface area contributed by atoms with Crippen molar-refractivity contribution >= 4 is 51.3 Å². The molecule has 4 aromatic carbocycles. The molecule has 0 radical (unpaired) electrons. The molecule has 0 spiro atoms. The first kappa shape index (κ1) is 30.4. The predicted molar refractivity (Wildman–Crippen MR) is 179 cm³/mol. The van der Waals surface area contributed by atoms with E-state index in [0.29, 0.717) is 78.9 Å². The highest BCUT2D eigenvalue weighted by molar-refractivity contribution is 8.18. The van der Waals surface area contributed by atoms with Crippen LogP contribution in [0.4, 0.5) is 5.69 Å². The summed E-state index contributed by atoms with van der Waals surface area (Å²) in [6, 6.07) is 27.4. The molecule has 0 N–H and O–H groups in total. The Kier molecular flexibility index (Phi) is 9.47. The molecule has 0 saturated carbocycles. The average molecular weight is 622 g/mol. The van der Waals surface area contributed by atoms with E-state index < -0.39 is 0 Å². The van der Waals surface area contributed by atoms with Crippen molar-refractivity contribution in [3.8, 4) is 11.5 Å². The van der Waals surface area contributed by atoms with Gasteiger partial charge in [0, 0.05) is 25.2 Å². The Morgan fingerprint density at radius 2 is 1.73 bits per heavy atom. The summed E-state index contributed by atoms with van der Waals surface area (Å²) in [5.74, 6) is 1.10. The number of morpholine rings is 1. The molecular weight excluding hydrogens is 586 g/mol. The van der Waals surface area contributed by atoms with E-state index in [4.69, 9.17) is 19.2 Å². The van der Waals surface area contributed by atoms with E-state index in [9.17, 15) is 9.59 Å². The van der Waals surface area contributed by atoms with E-state index in [-0.39, 0.29) is 11.8 Å². The van der Waals surface area contributed by atoms with Crippen LogP contribution >= 0.6 is 11.8 Å². The number of likely N-dealkylation sites (N-methyl/N-ethyl adjacent to an activating group) is 1. The number of ether oxygens (including phenoxy) is 3. The Hall–Kier alpha value is -4.60. The molecule has 0 atom stereocenters. The molecule has 9 heteroatoms. The zero-order valence-electron chi connectivity index (χ0n) is 25.4. The van der Waals surface area contributed by atoms with Crippen LogP contribution in [0.1, 0.15) is 35.3 Å². The Bertz CT molecular complexity index is 1770. The number of aliphatic imine (C=N–C) groups is 1. The van der Waals surface area contributed by atoms with Gasteiger partial charge in [-0.2, -0.15) is 0 Å². The van der Waals surface area contributed by atoms with Gasteiger partial charge < -0.3 is 19.1 Å². The lowest BCUT2D eigenvalue weighted by Crippen LogP contribution is -2.40. The smallest absolute Gasteiger partial charge is 0.266 e. The summed E-state index contributed by atoms with van der Waals surface area (Å²) in [4.78, 5) is 35.2. The standard InChI is InChI=1S/C36H35N3O5S/c1-3-39-35(41)33(45-36(39)37-29-13-8-11-27(23-29)34(40)38-17-19-42-20-18-38)22-25-15-16-31(32(21-25)43-4-2)44-24-28-12-7-10-26-9-5-6-14-30(26)28/h5-16,21-23H,3-4,17-20,24H2,1-2H3/b33-22+,37-36?. The van der Waals surface area contributed by atoms with Gasteiger partial charge >= 0.3 is 0 Å². The number of thioether (sulfide) groups is 1. The second kappa shape index (κ2) is 14.0. The fourth-order valence-corrected chi connectivity index (χ4v) is 6.43. The lowest BCUT2D eigenvalue weighted by Gasteiger charge is -2.26. The third-order valence-electron chi connectivity index (χ3n) is 7.65. The SMILES string of the molecule is CCOc1cc(/C=C2/SC(=Nc3cccc(C(=O)N4CCOCC4)c3)N(CC)C2=O)ccc1OCc1cccc2ccccc12. The summed E-state index contributed by atoms with van der Waals surface area (Å²) in [5.41, 5.74) is 3.10. The minimum Gasteiger partial charge on any atom is -0.490 e. The summed E-state index contributed by atoms with van der Waals surface area (Å²) in [6.07, 6.45) is 1.85. The summed E-state index contributed by atoms with van der Waals surface area (Å²) in [5, 5.41) is 2.90. The second-order valence-corrected chi connectivity index (χ2v) is 11.6. The molecule has 0 aromatic heterocycles. The Morgan fingerprint density at radius 1 is 0.933 bits per heavy atom. The van der Waals surface area contributed by atoms with Gasteiger partial charge in [-0.15, -0.1) is 0 Å². The monoisotopic (exact) mass is 621 g/mol. The van der Waals surface area contributed by atoms with Gasteiger partial charge in [0.25, 0.3) is 11.8 Å². The number of amides is 2. The van der Waals surface area contributed by atoms with Gasteiger partial charge in [-0.05, 0) is 83.9 Å². The first-order chi connectivity index (χ1) is 22.0. The fourth-order valence-electron chi connectivity index (χ4n) is 5.37. The van der Waals surface area contributed by atoms with Crippen molar-refractivity contribution in [2.75, 3.05) is 39.5 Å². The number of hydrogen-bond acceptors (Lipinski definition) is 7. The number of carbonyl (C=O) groups excluding carboxylic acids is 2. The maximum Gasteiger partial charge on any atom is 0.266 e. The van der Waals surface area contributed by atoms with Crippen molar-refractivity contribution < 1.29 is 23.8 Å². The molecule has 0 bridgehead atoms. The van der Waals surface area contributed by atoms with E-state index in [1.165, 1.54) is 17.1 Å². The lowest BCUT2D eigenvalue weighted by atomic mass is 10.1. The largest absolute Gasteiger partial charge is 0.490 e. The van der Waals surface area contributed by atoms with E-state index in [1.807, 2.05) is 68.5 Å². The van der Waals surface area contributed by atoms with Crippen LogP contribution in [0.25, 0.3) is 16.8 Å². The van der Waals surface area contributed by atoms with Gasteiger partial charge in [0.05, 0.1) is 30.4 Å². The molecule has 230 valence electrons. The van der Waals surface area contributed by atoms with E-state index in [0.717, 1.165) is 16.5 Å². The Labute approximate surface area is 267 Å². The predicted octanol–water partition coefficient (Wildman–Crippen LogP) is 6.91. The Morgan fingerprint density at radius 3 is 2.56 bits per heavy atom. The van der Waals surface area contributed by atoms with Crippen molar-refractivity contribution in [2.24, 2.45) is 4.99 Å². The van der Waals surface area contributed by atoms with Crippen LogP contribution in [-0.4, -0.2) is 66.2 Å². The summed E-state index contributed by atoms with van der Waals surface area (Å²) in [7, 11) is 0. The van der Waals surface area contributed by atoms with Crippen LogP contribution in [0, 0.1) is 0 Å². The summed E-state index contributed by atoms with van der Waals surface area (Å²) >= 11 is 1.32. The first-order valence-corrected chi connectivity index (χ1v) is 16.0. The maximum absolute atomic E-state index is 13.4. The lowest BCUT2D eigenvalue weighted by molar-refractivity contribution is -0.122. The number of rotatable bonds is 9. The average Bonchev–Trinajstić information content (AvgIpc) is 3.37. The molecule has 2 fully saturated rings. The molecule has 0 aliphatic carbocycles. The van der Waals surface area contributed by atoms with Crippen LogP contribution in [0.2, 0.25) is 0 Å². The topological polar surface area (TPSA) is 80.7 Å². The van der Waals surface area contributed by atoms with E-state index >= 15 is 0 Å². The quantitative estimate of drug-likeness (QED) is 0.189. The molecule has 4 aromatic rings. The van der Waals surface area contributed by atoms with Gasteiger partial charge in [0.1, 0.15) is 6.61 Å². The summed E-state index contributed by atoms with van der Waals surface area (Å²) < 4.78 is 17.6. The van der Waals surface area contributed by atoms with E-state index in [2.05, 4.69) is 24.3 Å². The van der Waals surface area contributed by atoms with E-state index in [1.54, 1.807) is 21.9 Å². The molecule has 0 unspecified atom stereocenters. The van der Waals surface area contributed by atoms with Gasteiger partial charge in [-0.3, -0.25) is 14.5 Å². The molecular formula is C36H35N3O5S. The molecule has 2 saturated heterocycles. The molecule has 2 aliphatic heterocycles. The van der Waals surface area contributed by atoms with Crippen molar-refractivity contribution in [1.29, 1.82) is 0 Å². The minimum absolute atomic E-state index is 0.0434. The van der Waals surface area contributed by atoms with Gasteiger partial charge in [0.2, 0.25) is 0 Å². The second-order valence-electron chi connectivity index (χ2n) is 10.6. The highest BCUT2D eigenvalue weighted by Gasteiger charge is 2.32. The number of hydrogen-bond donors (Lipinski definition) is 0. The molecule has 45 heavy (non-hydrogen) atoms. The third kappa shape index (κ3) is 6.90. The van der Waals surface area contributed by atoms with Crippen LogP contribution in [0.5, 0.6) is 11.5 Å². The molecule has 6 rings (SSSR count). The van der Waals surface area contributed by atoms with Crippen LogP contribution in [-0.2, 0) is 16.1 Å². The van der Waals surface area contributed by atoms with Gasteiger partial charge in [-0.25, -0.2) is 4.99 Å². The molecule has 2 heterocycles. The van der Waals surface area contributed by atoms with Crippen molar-refractivity contribution in [3.05, 3.63) is 107 Å². The highest BCUT2D eigenvalue weighted by Crippen LogP contribution is 2.36. The molecule has 2 aliphatic rings. The van der Waals surface area contributed by atoms with Gasteiger partial charge in [-0.1, -0.05) is 54.6 Å². The van der Waals surface area contributed by atoms with Crippen molar-refractivity contribution in [3.63, 3.8) is 0 Å². The number of nitrogens with zero attached hydrogens (tertiary/aromatic N) is 3. The summed E-state index contributed by atoms with van der Waals surface area (Å²) in [6.45, 7) is 7.43. The van der Waals surface area contributed by atoms with Crippen LogP contribution in [0.15, 0.2) is 94.8 Å². The van der Waals surface area contributed by atoms with Crippen molar-refractivity contribution in [1.82, 2.24) is 9.80 Å². The number of fused-ring (bicyclic) bond motifs is 1. The first-order valence-electron chi connectivity index (χ1n) is 15.2. The molecule has 2 amide bonds. The number of amidine groups is 1. The zero-order chi connectivity index (χ0) is 31.2. The number of carbonyl (C=O) groups is 2. The van der Waals surface area contributed by atoms with Crippen LogP contribution < -0.4 is 9.47 Å². The minimum atomic E-state index is -0.115. The number of benzene rings is 4.